The number of amides is 2. The molecule has 3 heterocycles. The van der Waals surface area contributed by atoms with Crippen molar-refractivity contribution in [2.75, 3.05) is 16.8 Å². The summed E-state index contributed by atoms with van der Waals surface area (Å²) in [5.74, 6) is -0.240. The van der Waals surface area contributed by atoms with E-state index in [0.29, 0.717) is 30.2 Å². The van der Waals surface area contributed by atoms with Crippen molar-refractivity contribution >= 4 is 23.3 Å². The molecular formula is C21H22N6O3. The summed E-state index contributed by atoms with van der Waals surface area (Å²) in [6, 6.07) is 12.4. The van der Waals surface area contributed by atoms with E-state index in [2.05, 4.69) is 20.4 Å². The first-order valence-electron chi connectivity index (χ1n) is 9.78. The second-order valence-electron chi connectivity index (χ2n) is 7.23. The van der Waals surface area contributed by atoms with Crippen molar-refractivity contribution in [2.24, 2.45) is 5.92 Å². The molecule has 2 aromatic heterocycles. The molecule has 4 rings (SSSR count). The molecule has 1 saturated heterocycles. The highest BCUT2D eigenvalue weighted by molar-refractivity contribution is 6.03. The van der Waals surface area contributed by atoms with Crippen LogP contribution in [0.1, 0.15) is 24.7 Å². The summed E-state index contributed by atoms with van der Waals surface area (Å²) in [6.45, 7) is 3.99. The largest absolute Gasteiger partial charge is 0.312 e. The molecule has 9 nitrogen and oxygen atoms in total. The molecule has 0 aliphatic carbocycles. The molecule has 1 fully saturated rings. The molecule has 1 atom stereocenters. The van der Waals surface area contributed by atoms with Gasteiger partial charge >= 0.3 is 0 Å². The van der Waals surface area contributed by atoms with Gasteiger partial charge in [-0.1, -0.05) is 25.1 Å². The second kappa shape index (κ2) is 7.94. The molecule has 0 spiro atoms. The number of hydrogen-bond donors (Lipinski definition) is 2. The maximum absolute atomic E-state index is 12.9. The van der Waals surface area contributed by atoms with Crippen LogP contribution >= 0.6 is 0 Å². The lowest BCUT2D eigenvalue weighted by molar-refractivity contribution is -0.122. The van der Waals surface area contributed by atoms with Gasteiger partial charge in [0.2, 0.25) is 17.8 Å². The average molecular weight is 406 g/mol. The molecule has 2 amide bonds. The number of nitrogens with one attached hydrogen (secondary N) is 2. The third-order valence-electron chi connectivity index (χ3n) is 4.99. The third kappa shape index (κ3) is 3.86. The van der Waals surface area contributed by atoms with Crippen molar-refractivity contribution in [3.05, 3.63) is 64.2 Å². The molecule has 9 heteroatoms. The highest BCUT2D eigenvalue weighted by atomic mass is 16.2. The van der Waals surface area contributed by atoms with Gasteiger partial charge in [-0.25, -0.2) is 4.98 Å². The van der Waals surface area contributed by atoms with Crippen molar-refractivity contribution in [2.45, 2.75) is 26.7 Å². The summed E-state index contributed by atoms with van der Waals surface area (Å²) < 4.78 is 1.40. The van der Waals surface area contributed by atoms with Crippen molar-refractivity contribution in [3.63, 3.8) is 0 Å². The van der Waals surface area contributed by atoms with Crippen LogP contribution < -0.4 is 15.8 Å². The van der Waals surface area contributed by atoms with Crippen molar-refractivity contribution < 1.29 is 9.59 Å². The van der Waals surface area contributed by atoms with E-state index >= 15 is 0 Å². The number of para-hydroxylation sites is 1. The average Bonchev–Trinajstić information content (AvgIpc) is 3.30. The predicted octanol–water partition coefficient (Wildman–Crippen LogP) is 1.82. The molecule has 2 N–H and O–H groups in total. The van der Waals surface area contributed by atoms with Crippen LogP contribution in [-0.2, 0) is 16.0 Å². The van der Waals surface area contributed by atoms with Gasteiger partial charge in [-0.15, -0.1) is 0 Å². The molecular weight excluding hydrogens is 384 g/mol. The molecule has 1 aromatic carbocycles. The smallest absolute Gasteiger partial charge is 0.252 e. The number of hydrogen-bond acceptors (Lipinski definition) is 5. The van der Waals surface area contributed by atoms with Crippen LogP contribution in [0.2, 0.25) is 0 Å². The normalized spacial score (nSPS) is 16.1. The Kier molecular flexibility index (Phi) is 5.18. The van der Waals surface area contributed by atoms with E-state index in [-0.39, 0.29) is 29.7 Å². The number of rotatable bonds is 5. The van der Waals surface area contributed by atoms with Gasteiger partial charge < -0.3 is 10.2 Å². The lowest BCUT2D eigenvalue weighted by atomic mass is 10.1. The van der Waals surface area contributed by atoms with Gasteiger partial charge in [0.1, 0.15) is 5.82 Å². The first-order chi connectivity index (χ1) is 14.4. The molecule has 3 aromatic rings. The van der Waals surface area contributed by atoms with Crippen molar-refractivity contribution in [3.8, 4) is 5.95 Å². The highest BCUT2D eigenvalue weighted by Gasteiger charge is 2.35. The highest BCUT2D eigenvalue weighted by Crippen LogP contribution is 2.26. The van der Waals surface area contributed by atoms with E-state index in [1.165, 1.54) is 10.7 Å². The second-order valence-corrected chi connectivity index (χ2v) is 7.23. The number of nitrogens with zero attached hydrogens (tertiary/aromatic N) is 4. The Morgan fingerprint density at radius 1 is 1.23 bits per heavy atom. The van der Waals surface area contributed by atoms with Gasteiger partial charge in [0.15, 0.2) is 0 Å². The number of benzene rings is 1. The van der Waals surface area contributed by atoms with Crippen LogP contribution in [-0.4, -0.2) is 38.1 Å². The number of aryl methyl sites for hydroxylation is 2. The van der Waals surface area contributed by atoms with E-state index in [0.717, 1.165) is 5.69 Å². The van der Waals surface area contributed by atoms with E-state index in [1.54, 1.807) is 17.9 Å². The zero-order valence-electron chi connectivity index (χ0n) is 16.8. The third-order valence-corrected chi connectivity index (χ3v) is 4.99. The number of aromatic nitrogens is 4. The van der Waals surface area contributed by atoms with Crippen molar-refractivity contribution in [1.29, 1.82) is 0 Å². The number of carbonyl (C=O) groups is 2. The standard InChI is InChI=1S/C21H22N6O3/c1-3-15-11-18(28)24-21(22-15)27-17(9-13(2)25-27)23-20(30)14-10-19(29)26(12-14)16-7-5-4-6-8-16/h4-9,11,14H,3,10,12H2,1-2H3,(H,23,30)(H,22,24,28). The SMILES string of the molecule is CCc1cc(=O)[nH]c(-n2nc(C)cc2NC(=O)C2CC(=O)N(c3ccccc3)C2)n1. The van der Waals surface area contributed by atoms with Crippen LogP contribution in [0.5, 0.6) is 0 Å². The summed E-state index contributed by atoms with van der Waals surface area (Å²) in [5, 5.41) is 7.19. The van der Waals surface area contributed by atoms with Crippen LogP contribution in [0.25, 0.3) is 5.95 Å². The first kappa shape index (κ1) is 19.6. The van der Waals surface area contributed by atoms with Crippen molar-refractivity contribution in [1.82, 2.24) is 19.7 Å². The lowest BCUT2D eigenvalue weighted by Gasteiger charge is -2.16. The van der Waals surface area contributed by atoms with Crippen LogP contribution in [0, 0.1) is 12.8 Å². The lowest BCUT2D eigenvalue weighted by Crippen LogP contribution is -2.28. The summed E-state index contributed by atoms with van der Waals surface area (Å²) in [7, 11) is 0. The van der Waals surface area contributed by atoms with Gasteiger partial charge in [-0.3, -0.25) is 19.4 Å². The Bertz CT molecular complexity index is 1150. The van der Waals surface area contributed by atoms with E-state index in [9.17, 15) is 14.4 Å². The minimum atomic E-state index is -0.490. The number of carbonyl (C=O) groups excluding carboxylic acids is 2. The fraction of sp³-hybridized carbons (Fsp3) is 0.286. The molecule has 1 aliphatic rings. The quantitative estimate of drug-likeness (QED) is 0.671. The summed E-state index contributed by atoms with van der Waals surface area (Å²) in [5.41, 5.74) is 1.77. The summed E-state index contributed by atoms with van der Waals surface area (Å²) in [6.07, 6.45) is 0.729. The Morgan fingerprint density at radius 3 is 2.73 bits per heavy atom. The molecule has 1 aliphatic heterocycles. The van der Waals surface area contributed by atoms with Gasteiger partial charge in [0.05, 0.1) is 11.6 Å². The van der Waals surface area contributed by atoms with Gasteiger partial charge in [0.25, 0.3) is 5.56 Å². The minimum Gasteiger partial charge on any atom is -0.312 e. The monoisotopic (exact) mass is 406 g/mol. The Hall–Kier alpha value is -3.75. The molecule has 1 unspecified atom stereocenters. The van der Waals surface area contributed by atoms with Gasteiger partial charge in [0, 0.05) is 36.5 Å². The number of H-pyrrole nitrogens is 1. The topological polar surface area (TPSA) is 113 Å². The molecule has 154 valence electrons. The molecule has 0 radical (unpaired) electrons. The Morgan fingerprint density at radius 2 is 2.00 bits per heavy atom. The maximum atomic E-state index is 12.9. The maximum Gasteiger partial charge on any atom is 0.252 e. The summed E-state index contributed by atoms with van der Waals surface area (Å²) in [4.78, 5) is 45.9. The first-order valence-corrected chi connectivity index (χ1v) is 9.78. The summed E-state index contributed by atoms with van der Waals surface area (Å²) >= 11 is 0. The predicted molar refractivity (Wildman–Crippen MR) is 112 cm³/mol. The van der Waals surface area contributed by atoms with E-state index in [1.807, 2.05) is 37.3 Å². The van der Waals surface area contributed by atoms with Gasteiger partial charge in [-0.05, 0) is 25.5 Å². The van der Waals surface area contributed by atoms with Gasteiger partial charge in [-0.2, -0.15) is 9.78 Å². The van der Waals surface area contributed by atoms with Crippen LogP contribution in [0.4, 0.5) is 11.5 Å². The van der Waals surface area contributed by atoms with E-state index < -0.39 is 5.92 Å². The Labute approximate surface area is 172 Å². The molecule has 0 saturated carbocycles. The van der Waals surface area contributed by atoms with Crippen LogP contribution in [0.15, 0.2) is 47.3 Å². The Balaban J connectivity index is 1.56. The number of anilines is 2. The van der Waals surface area contributed by atoms with Crippen LogP contribution in [0.3, 0.4) is 0 Å². The number of aromatic amines is 1. The zero-order valence-corrected chi connectivity index (χ0v) is 16.8. The minimum absolute atomic E-state index is 0.0901. The molecule has 0 bridgehead atoms. The van der Waals surface area contributed by atoms with E-state index in [4.69, 9.17) is 0 Å². The fourth-order valence-corrected chi connectivity index (χ4v) is 3.49. The fourth-order valence-electron chi connectivity index (χ4n) is 3.49. The molecule has 30 heavy (non-hydrogen) atoms. The zero-order chi connectivity index (χ0) is 21.3.